The molecule has 0 saturated carbocycles. The number of ether oxygens (including phenoxy) is 1. The van der Waals surface area contributed by atoms with Gasteiger partial charge in [-0.15, -0.1) is 0 Å². The average Bonchev–Trinajstić information content (AvgIpc) is 2.80. The van der Waals surface area contributed by atoms with Crippen LogP contribution in [-0.2, 0) is 0 Å². The Morgan fingerprint density at radius 1 is 1.28 bits per heavy atom. The fourth-order valence-electron chi connectivity index (χ4n) is 3.28. The Balaban J connectivity index is 1.84. The van der Waals surface area contributed by atoms with Crippen molar-refractivity contribution in [2.24, 2.45) is 11.7 Å². The molecule has 1 aromatic carbocycles. The summed E-state index contributed by atoms with van der Waals surface area (Å²) in [5.41, 5.74) is 7.51. The number of nitrogens with zero attached hydrogens (tertiary/aromatic N) is 1. The highest BCUT2D eigenvalue weighted by Gasteiger charge is 2.38. The summed E-state index contributed by atoms with van der Waals surface area (Å²) in [7, 11) is 0. The minimum atomic E-state index is 0.341. The Bertz CT molecular complexity index is 434. The predicted molar refractivity (Wildman–Crippen MR) is 72.6 cm³/mol. The molecule has 0 bridgehead atoms. The van der Waals surface area contributed by atoms with Crippen molar-refractivity contribution in [2.45, 2.75) is 38.4 Å². The van der Waals surface area contributed by atoms with Crippen LogP contribution in [0, 0.1) is 5.92 Å². The molecular formula is C15H22N2O. The minimum absolute atomic E-state index is 0.341. The molecule has 0 aromatic heterocycles. The smallest absolute Gasteiger partial charge is 0.124 e. The number of nitrogens with two attached hydrogens (primary N) is 1. The number of rotatable bonds is 1. The lowest BCUT2D eigenvalue weighted by Crippen LogP contribution is -2.53. The van der Waals surface area contributed by atoms with Gasteiger partial charge in [-0.1, -0.05) is 25.1 Å². The van der Waals surface area contributed by atoms with Crippen LogP contribution < -0.4 is 10.5 Å². The molecule has 2 heterocycles. The van der Waals surface area contributed by atoms with Gasteiger partial charge in [0.05, 0.1) is 6.04 Å². The first kappa shape index (κ1) is 12.0. The van der Waals surface area contributed by atoms with Crippen LogP contribution in [-0.4, -0.2) is 30.1 Å². The Labute approximate surface area is 109 Å². The van der Waals surface area contributed by atoms with E-state index in [-0.39, 0.29) is 0 Å². The van der Waals surface area contributed by atoms with E-state index in [0.717, 1.165) is 25.3 Å². The van der Waals surface area contributed by atoms with Crippen molar-refractivity contribution in [2.75, 3.05) is 13.2 Å². The third-order valence-corrected chi connectivity index (χ3v) is 4.76. The number of benzene rings is 1. The fraction of sp³-hybridized carbons (Fsp3) is 0.600. The molecule has 2 aliphatic heterocycles. The first-order valence-electron chi connectivity index (χ1n) is 6.91. The predicted octanol–water partition coefficient (Wildman–Crippen LogP) is 2.18. The van der Waals surface area contributed by atoms with Crippen molar-refractivity contribution in [3.05, 3.63) is 29.8 Å². The second-order valence-corrected chi connectivity index (χ2v) is 5.65. The molecule has 3 nitrogen and oxygen atoms in total. The maximum atomic E-state index is 6.17. The fourth-order valence-corrected chi connectivity index (χ4v) is 3.28. The zero-order chi connectivity index (χ0) is 12.7. The van der Waals surface area contributed by atoms with Crippen molar-refractivity contribution in [1.29, 1.82) is 0 Å². The Hall–Kier alpha value is -1.06. The van der Waals surface area contributed by atoms with Crippen LogP contribution in [0.3, 0.4) is 0 Å². The summed E-state index contributed by atoms with van der Waals surface area (Å²) in [6, 6.07) is 9.68. The third-order valence-electron chi connectivity index (χ3n) is 4.76. The lowest BCUT2D eigenvalue weighted by molar-refractivity contribution is 0.0464. The Kier molecular flexibility index (Phi) is 3.04. The van der Waals surface area contributed by atoms with Crippen molar-refractivity contribution in [1.82, 2.24) is 4.90 Å². The molecule has 0 radical (unpaired) electrons. The lowest BCUT2D eigenvalue weighted by Gasteiger charge is -2.44. The van der Waals surface area contributed by atoms with Gasteiger partial charge in [0.25, 0.3) is 0 Å². The van der Waals surface area contributed by atoms with Crippen LogP contribution in [0.4, 0.5) is 0 Å². The van der Waals surface area contributed by atoms with Gasteiger partial charge in [-0.05, 0) is 25.3 Å². The SMILES string of the molecule is CC1C(N)CCN(C2COc3ccccc32)C1C. The van der Waals surface area contributed by atoms with Gasteiger partial charge in [0.2, 0.25) is 0 Å². The lowest BCUT2D eigenvalue weighted by atomic mass is 9.86. The number of hydrogen-bond acceptors (Lipinski definition) is 3. The van der Waals surface area contributed by atoms with Crippen molar-refractivity contribution >= 4 is 0 Å². The van der Waals surface area contributed by atoms with Crippen LogP contribution in [0.15, 0.2) is 24.3 Å². The zero-order valence-electron chi connectivity index (χ0n) is 11.2. The molecule has 3 heteroatoms. The highest BCUT2D eigenvalue weighted by molar-refractivity contribution is 5.39. The first-order chi connectivity index (χ1) is 8.68. The van der Waals surface area contributed by atoms with Crippen molar-refractivity contribution < 1.29 is 4.74 Å². The Morgan fingerprint density at radius 2 is 2.06 bits per heavy atom. The maximum absolute atomic E-state index is 6.17. The number of para-hydroxylation sites is 1. The van der Waals surface area contributed by atoms with Gasteiger partial charge in [0.15, 0.2) is 0 Å². The van der Waals surface area contributed by atoms with Crippen LogP contribution in [0.5, 0.6) is 5.75 Å². The van der Waals surface area contributed by atoms with E-state index in [9.17, 15) is 0 Å². The van der Waals surface area contributed by atoms with E-state index in [0.29, 0.717) is 24.0 Å². The van der Waals surface area contributed by atoms with Crippen molar-refractivity contribution in [3.8, 4) is 5.75 Å². The molecule has 0 aliphatic carbocycles. The van der Waals surface area contributed by atoms with E-state index in [2.05, 4.69) is 36.9 Å². The van der Waals surface area contributed by atoms with Crippen LogP contribution >= 0.6 is 0 Å². The summed E-state index contributed by atoms with van der Waals surface area (Å²) in [6.45, 7) is 6.43. The molecule has 2 aliphatic rings. The number of fused-ring (bicyclic) bond motifs is 1. The van der Waals surface area contributed by atoms with E-state index in [1.807, 2.05) is 6.07 Å². The highest BCUT2D eigenvalue weighted by Crippen LogP contribution is 2.39. The van der Waals surface area contributed by atoms with E-state index in [1.165, 1.54) is 5.56 Å². The van der Waals surface area contributed by atoms with Gasteiger partial charge in [0.1, 0.15) is 12.4 Å². The summed E-state index contributed by atoms with van der Waals surface area (Å²) >= 11 is 0. The number of piperidine rings is 1. The molecule has 1 saturated heterocycles. The number of likely N-dealkylation sites (tertiary alicyclic amines) is 1. The molecule has 0 spiro atoms. The van der Waals surface area contributed by atoms with Gasteiger partial charge in [-0.3, -0.25) is 4.90 Å². The minimum Gasteiger partial charge on any atom is -0.491 e. The summed E-state index contributed by atoms with van der Waals surface area (Å²) in [4.78, 5) is 2.57. The van der Waals surface area contributed by atoms with E-state index in [4.69, 9.17) is 10.5 Å². The summed E-state index contributed by atoms with van der Waals surface area (Å²) in [5.74, 6) is 1.60. The topological polar surface area (TPSA) is 38.5 Å². The molecule has 4 unspecified atom stereocenters. The molecular weight excluding hydrogens is 224 g/mol. The Morgan fingerprint density at radius 3 is 2.89 bits per heavy atom. The molecule has 1 aromatic rings. The monoisotopic (exact) mass is 246 g/mol. The molecule has 1 fully saturated rings. The van der Waals surface area contributed by atoms with E-state index < -0.39 is 0 Å². The van der Waals surface area contributed by atoms with Gasteiger partial charge in [-0.25, -0.2) is 0 Å². The number of hydrogen-bond donors (Lipinski definition) is 1. The second kappa shape index (κ2) is 4.56. The molecule has 98 valence electrons. The molecule has 18 heavy (non-hydrogen) atoms. The average molecular weight is 246 g/mol. The van der Waals surface area contributed by atoms with Gasteiger partial charge in [0, 0.05) is 24.2 Å². The molecule has 0 amide bonds. The standard InChI is InChI=1S/C15H22N2O/c1-10-11(2)17(8-7-13(10)16)14-9-18-15-6-4-3-5-12(14)15/h3-6,10-11,13-14H,7-9,16H2,1-2H3. The van der Waals surface area contributed by atoms with Gasteiger partial charge < -0.3 is 10.5 Å². The molecule has 4 atom stereocenters. The third kappa shape index (κ3) is 1.82. The molecule has 2 N–H and O–H groups in total. The van der Waals surface area contributed by atoms with Crippen LogP contribution in [0.25, 0.3) is 0 Å². The van der Waals surface area contributed by atoms with Gasteiger partial charge in [-0.2, -0.15) is 0 Å². The largest absolute Gasteiger partial charge is 0.491 e. The quantitative estimate of drug-likeness (QED) is 0.825. The van der Waals surface area contributed by atoms with E-state index in [1.54, 1.807) is 0 Å². The normalized spacial score (nSPS) is 36.2. The summed E-state index contributed by atoms with van der Waals surface area (Å²) < 4.78 is 5.80. The van der Waals surface area contributed by atoms with Gasteiger partial charge >= 0.3 is 0 Å². The van der Waals surface area contributed by atoms with Crippen LogP contribution in [0.1, 0.15) is 31.9 Å². The highest BCUT2D eigenvalue weighted by atomic mass is 16.5. The summed E-state index contributed by atoms with van der Waals surface area (Å²) in [6.07, 6.45) is 1.09. The molecule has 3 rings (SSSR count). The van der Waals surface area contributed by atoms with Crippen LogP contribution in [0.2, 0.25) is 0 Å². The van der Waals surface area contributed by atoms with E-state index >= 15 is 0 Å². The first-order valence-corrected chi connectivity index (χ1v) is 6.91. The zero-order valence-corrected chi connectivity index (χ0v) is 11.2. The van der Waals surface area contributed by atoms with Crippen molar-refractivity contribution in [3.63, 3.8) is 0 Å². The maximum Gasteiger partial charge on any atom is 0.124 e. The summed E-state index contributed by atoms with van der Waals surface area (Å²) in [5, 5.41) is 0. The second-order valence-electron chi connectivity index (χ2n) is 5.65.